The number of carbonyl (C=O) groups excluding carboxylic acids is 1. The van der Waals surface area contributed by atoms with Crippen molar-refractivity contribution in [1.29, 1.82) is 0 Å². The molecule has 0 aliphatic heterocycles. The highest BCUT2D eigenvalue weighted by Gasteiger charge is 2.16. The van der Waals surface area contributed by atoms with Crippen molar-refractivity contribution in [2.24, 2.45) is 0 Å². The SMILES string of the molecule is Cc1cc(COC(=O)c2csc(-c3cccc([N+](=O)[O-])c3)n2)on1. The lowest BCUT2D eigenvalue weighted by Gasteiger charge is -1.99. The van der Waals surface area contributed by atoms with Gasteiger partial charge in [-0.1, -0.05) is 17.3 Å². The number of thiazole rings is 1. The number of non-ortho nitro benzene ring substituents is 1. The molecule has 0 aliphatic carbocycles. The van der Waals surface area contributed by atoms with E-state index >= 15 is 0 Å². The molecule has 0 N–H and O–H groups in total. The Hall–Kier alpha value is -3.07. The molecule has 9 heteroatoms. The molecule has 0 bridgehead atoms. The zero-order valence-corrected chi connectivity index (χ0v) is 13.3. The lowest BCUT2D eigenvalue weighted by molar-refractivity contribution is -0.384. The van der Waals surface area contributed by atoms with Crippen LogP contribution in [0.15, 0.2) is 40.2 Å². The zero-order chi connectivity index (χ0) is 17.1. The molecule has 0 fully saturated rings. The van der Waals surface area contributed by atoms with Gasteiger partial charge in [0, 0.05) is 29.1 Å². The number of nitro benzene ring substituents is 1. The largest absolute Gasteiger partial charge is 0.453 e. The summed E-state index contributed by atoms with van der Waals surface area (Å²) in [5, 5.41) is 16.6. The molecule has 8 nitrogen and oxygen atoms in total. The first kappa shape index (κ1) is 15.8. The van der Waals surface area contributed by atoms with Crippen LogP contribution in [0.2, 0.25) is 0 Å². The van der Waals surface area contributed by atoms with E-state index in [1.165, 1.54) is 23.5 Å². The van der Waals surface area contributed by atoms with Crippen LogP contribution < -0.4 is 0 Å². The van der Waals surface area contributed by atoms with Gasteiger partial charge in [-0.3, -0.25) is 10.1 Å². The van der Waals surface area contributed by atoms with E-state index in [-0.39, 0.29) is 18.0 Å². The second-order valence-electron chi connectivity index (χ2n) is 4.86. The minimum Gasteiger partial charge on any atom is -0.453 e. The summed E-state index contributed by atoms with van der Waals surface area (Å²) in [4.78, 5) is 26.5. The maximum atomic E-state index is 12.0. The molecule has 2 aromatic heterocycles. The van der Waals surface area contributed by atoms with Crippen LogP contribution in [-0.2, 0) is 11.3 Å². The van der Waals surface area contributed by atoms with Crippen molar-refractivity contribution in [1.82, 2.24) is 10.1 Å². The molecule has 3 rings (SSSR count). The Morgan fingerprint density at radius 1 is 1.42 bits per heavy atom. The summed E-state index contributed by atoms with van der Waals surface area (Å²) in [6, 6.07) is 7.73. The van der Waals surface area contributed by atoms with Crippen molar-refractivity contribution >= 4 is 23.0 Å². The molecule has 122 valence electrons. The van der Waals surface area contributed by atoms with Gasteiger partial charge in [0.15, 0.2) is 18.1 Å². The lowest BCUT2D eigenvalue weighted by atomic mass is 10.2. The molecule has 0 aliphatic rings. The van der Waals surface area contributed by atoms with Gasteiger partial charge in [-0.15, -0.1) is 11.3 Å². The Bertz CT molecular complexity index is 902. The van der Waals surface area contributed by atoms with E-state index in [1.54, 1.807) is 30.5 Å². The number of nitrogens with zero attached hydrogens (tertiary/aromatic N) is 3. The number of ether oxygens (including phenoxy) is 1. The predicted molar refractivity (Wildman–Crippen MR) is 84.6 cm³/mol. The van der Waals surface area contributed by atoms with Gasteiger partial charge in [0.05, 0.1) is 10.6 Å². The highest BCUT2D eigenvalue weighted by molar-refractivity contribution is 7.13. The van der Waals surface area contributed by atoms with Gasteiger partial charge in [0.2, 0.25) is 0 Å². The smallest absolute Gasteiger partial charge is 0.358 e. The van der Waals surface area contributed by atoms with Gasteiger partial charge in [-0.2, -0.15) is 0 Å². The summed E-state index contributed by atoms with van der Waals surface area (Å²) >= 11 is 1.21. The molecule has 2 heterocycles. The number of aryl methyl sites for hydroxylation is 1. The van der Waals surface area contributed by atoms with Crippen LogP contribution in [0.1, 0.15) is 21.9 Å². The Labute approximate surface area is 139 Å². The lowest BCUT2D eigenvalue weighted by Crippen LogP contribution is -2.05. The van der Waals surface area contributed by atoms with E-state index in [0.717, 1.165) is 0 Å². The van der Waals surface area contributed by atoms with Crippen molar-refractivity contribution in [3.8, 4) is 10.6 Å². The number of rotatable bonds is 5. The third-order valence-corrected chi connectivity index (χ3v) is 3.93. The number of esters is 1. The fourth-order valence-corrected chi connectivity index (χ4v) is 2.73. The zero-order valence-electron chi connectivity index (χ0n) is 12.5. The monoisotopic (exact) mass is 345 g/mol. The molecule has 24 heavy (non-hydrogen) atoms. The van der Waals surface area contributed by atoms with Crippen LogP contribution in [0.4, 0.5) is 5.69 Å². The van der Waals surface area contributed by atoms with Crippen LogP contribution in [0, 0.1) is 17.0 Å². The number of nitro groups is 1. The maximum absolute atomic E-state index is 12.0. The minimum absolute atomic E-state index is 0.0347. The third kappa shape index (κ3) is 3.46. The summed E-state index contributed by atoms with van der Waals surface area (Å²) in [5.74, 6) is -0.160. The van der Waals surface area contributed by atoms with Crippen molar-refractivity contribution < 1.29 is 19.0 Å². The molecular weight excluding hydrogens is 334 g/mol. The van der Waals surface area contributed by atoms with Gasteiger partial charge in [0.25, 0.3) is 5.69 Å². The average Bonchev–Trinajstić information content (AvgIpc) is 3.22. The fraction of sp³-hybridized carbons (Fsp3) is 0.133. The van der Waals surface area contributed by atoms with E-state index in [4.69, 9.17) is 9.26 Å². The molecule has 0 atom stereocenters. The number of hydrogen-bond donors (Lipinski definition) is 0. The molecule has 0 saturated heterocycles. The first-order chi connectivity index (χ1) is 11.5. The van der Waals surface area contributed by atoms with Crippen molar-refractivity contribution in [3.63, 3.8) is 0 Å². The molecular formula is C15H11N3O5S. The number of benzene rings is 1. The first-order valence-electron chi connectivity index (χ1n) is 6.82. The second-order valence-corrected chi connectivity index (χ2v) is 5.71. The van der Waals surface area contributed by atoms with Crippen molar-refractivity contribution in [2.45, 2.75) is 13.5 Å². The minimum atomic E-state index is -0.600. The second kappa shape index (κ2) is 6.59. The highest BCUT2D eigenvalue weighted by atomic mass is 32.1. The Morgan fingerprint density at radius 2 is 2.25 bits per heavy atom. The van der Waals surface area contributed by atoms with Gasteiger partial charge in [-0.25, -0.2) is 9.78 Å². The van der Waals surface area contributed by atoms with Gasteiger partial charge < -0.3 is 9.26 Å². The number of carbonyl (C=O) groups is 1. The standard InChI is InChI=1S/C15H11N3O5S/c1-9-5-12(23-17-9)7-22-15(19)13-8-24-14(16-13)10-3-2-4-11(6-10)18(20)21/h2-6,8H,7H2,1H3. The maximum Gasteiger partial charge on any atom is 0.358 e. The van der Waals surface area contributed by atoms with Gasteiger partial charge in [-0.05, 0) is 6.92 Å². The van der Waals surface area contributed by atoms with E-state index in [9.17, 15) is 14.9 Å². The van der Waals surface area contributed by atoms with Crippen LogP contribution >= 0.6 is 11.3 Å². The summed E-state index contributed by atoms with van der Waals surface area (Å²) in [6.07, 6.45) is 0. The molecule has 0 amide bonds. The summed E-state index contributed by atoms with van der Waals surface area (Å²) in [5.41, 5.74) is 1.37. The highest BCUT2D eigenvalue weighted by Crippen LogP contribution is 2.27. The van der Waals surface area contributed by atoms with E-state index in [1.807, 2.05) is 0 Å². The third-order valence-electron chi connectivity index (χ3n) is 3.04. The first-order valence-corrected chi connectivity index (χ1v) is 7.70. The number of aromatic nitrogens is 2. The Kier molecular flexibility index (Phi) is 4.34. The number of hydrogen-bond acceptors (Lipinski definition) is 8. The van der Waals surface area contributed by atoms with Gasteiger partial charge >= 0.3 is 5.97 Å². The summed E-state index contributed by atoms with van der Waals surface area (Å²) in [6.45, 7) is 1.73. The fourth-order valence-electron chi connectivity index (χ4n) is 1.95. The van der Waals surface area contributed by atoms with E-state index in [2.05, 4.69) is 10.1 Å². The topological polar surface area (TPSA) is 108 Å². The summed E-state index contributed by atoms with van der Waals surface area (Å²) < 4.78 is 10.1. The molecule has 0 spiro atoms. The molecule has 0 unspecified atom stereocenters. The van der Waals surface area contributed by atoms with E-state index < -0.39 is 10.9 Å². The predicted octanol–water partition coefficient (Wildman–Crippen LogP) is 3.37. The molecule has 1 aromatic carbocycles. The summed E-state index contributed by atoms with van der Waals surface area (Å²) in [7, 11) is 0. The van der Waals surface area contributed by atoms with Crippen LogP contribution in [-0.4, -0.2) is 21.0 Å². The van der Waals surface area contributed by atoms with E-state index in [0.29, 0.717) is 22.0 Å². The molecule has 3 aromatic rings. The molecule has 0 radical (unpaired) electrons. The average molecular weight is 345 g/mol. The van der Waals surface area contributed by atoms with Crippen LogP contribution in [0.25, 0.3) is 10.6 Å². The Morgan fingerprint density at radius 3 is 2.96 bits per heavy atom. The van der Waals surface area contributed by atoms with Gasteiger partial charge in [0.1, 0.15) is 5.01 Å². The van der Waals surface area contributed by atoms with Crippen molar-refractivity contribution in [2.75, 3.05) is 0 Å². The van der Waals surface area contributed by atoms with Crippen LogP contribution in [0.5, 0.6) is 0 Å². The van der Waals surface area contributed by atoms with Crippen LogP contribution in [0.3, 0.4) is 0 Å². The Balaban J connectivity index is 1.71. The quantitative estimate of drug-likeness (QED) is 0.396. The normalized spacial score (nSPS) is 10.5. The molecule has 0 saturated carbocycles. The van der Waals surface area contributed by atoms with Crippen molar-refractivity contribution in [3.05, 3.63) is 63.0 Å².